The summed E-state index contributed by atoms with van der Waals surface area (Å²) in [5.74, 6) is 0. The highest BCUT2D eigenvalue weighted by Crippen LogP contribution is 2.24. The van der Waals surface area contributed by atoms with E-state index in [1.54, 1.807) is 0 Å². The van der Waals surface area contributed by atoms with Gasteiger partial charge in [-0.1, -0.05) is 27.2 Å². The van der Waals surface area contributed by atoms with Gasteiger partial charge in [0.1, 0.15) is 0 Å². The summed E-state index contributed by atoms with van der Waals surface area (Å²) in [7, 11) is 0. The van der Waals surface area contributed by atoms with E-state index in [4.69, 9.17) is 0 Å². The Balaban J connectivity index is 2.24. The predicted molar refractivity (Wildman–Crippen MR) is 49.7 cm³/mol. The molecule has 1 atom stereocenters. The van der Waals surface area contributed by atoms with E-state index in [2.05, 4.69) is 26.1 Å². The normalized spacial score (nSPS) is 27.0. The molecule has 1 heteroatoms. The van der Waals surface area contributed by atoms with Crippen LogP contribution in [-0.4, -0.2) is 12.6 Å². The van der Waals surface area contributed by atoms with Gasteiger partial charge >= 0.3 is 0 Å². The molecule has 1 heterocycles. The van der Waals surface area contributed by atoms with Crippen LogP contribution in [0.1, 0.15) is 46.5 Å². The first-order valence-electron chi connectivity index (χ1n) is 4.81. The van der Waals surface area contributed by atoms with Crippen LogP contribution in [0.2, 0.25) is 0 Å². The summed E-state index contributed by atoms with van der Waals surface area (Å²) in [5, 5.41) is 3.58. The van der Waals surface area contributed by atoms with Gasteiger partial charge in [0.25, 0.3) is 0 Å². The van der Waals surface area contributed by atoms with Crippen LogP contribution >= 0.6 is 0 Å². The molecule has 0 aromatic heterocycles. The van der Waals surface area contributed by atoms with Crippen molar-refractivity contribution in [3.8, 4) is 0 Å². The molecule has 0 spiro atoms. The average Bonchev–Trinajstić information content (AvgIpc) is 1.85. The quantitative estimate of drug-likeness (QED) is 0.613. The molecule has 1 aliphatic heterocycles. The Labute approximate surface area is 70.6 Å². The summed E-state index contributed by atoms with van der Waals surface area (Å²) in [4.78, 5) is 0. The van der Waals surface area contributed by atoms with Gasteiger partial charge in [-0.2, -0.15) is 0 Å². The Hall–Kier alpha value is -0.0400. The van der Waals surface area contributed by atoms with Crippen LogP contribution in [0.25, 0.3) is 0 Å². The van der Waals surface area contributed by atoms with Crippen molar-refractivity contribution < 1.29 is 0 Å². The van der Waals surface area contributed by atoms with E-state index in [-0.39, 0.29) is 0 Å². The van der Waals surface area contributed by atoms with Crippen LogP contribution in [-0.2, 0) is 0 Å². The number of hydrogen-bond donors (Lipinski definition) is 1. The lowest BCUT2D eigenvalue weighted by molar-refractivity contribution is 0.274. The first kappa shape index (κ1) is 9.05. The molecule has 0 amide bonds. The van der Waals surface area contributed by atoms with Crippen molar-refractivity contribution in [3.05, 3.63) is 0 Å². The molecule has 0 unspecified atom stereocenters. The van der Waals surface area contributed by atoms with E-state index in [0.29, 0.717) is 5.41 Å². The second-order valence-corrected chi connectivity index (χ2v) is 4.91. The highest BCUT2D eigenvalue weighted by molar-refractivity contribution is 4.77. The second kappa shape index (κ2) is 3.57. The molecule has 1 rings (SSSR count). The van der Waals surface area contributed by atoms with Gasteiger partial charge in [-0.3, -0.25) is 0 Å². The molecule has 1 nitrogen and oxygen atoms in total. The summed E-state index contributed by atoms with van der Waals surface area (Å²) in [6.07, 6.45) is 5.51. The SMILES string of the molecule is CC(C)(C)C[C@@H]1CCCCN1. The highest BCUT2D eigenvalue weighted by Gasteiger charge is 2.19. The van der Waals surface area contributed by atoms with E-state index < -0.39 is 0 Å². The Morgan fingerprint density at radius 2 is 2.00 bits per heavy atom. The minimum absolute atomic E-state index is 0.495. The van der Waals surface area contributed by atoms with Crippen molar-refractivity contribution in [2.75, 3.05) is 6.54 Å². The van der Waals surface area contributed by atoms with Crippen molar-refractivity contribution in [2.24, 2.45) is 5.41 Å². The molecule has 1 N–H and O–H groups in total. The molecule has 0 radical (unpaired) electrons. The third-order valence-electron chi connectivity index (χ3n) is 2.27. The molecule has 0 saturated carbocycles. The molecule has 1 saturated heterocycles. The maximum absolute atomic E-state index is 3.58. The molecular weight excluding hydrogens is 134 g/mol. The van der Waals surface area contributed by atoms with Crippen LogP contribution in [0.15, 0.2) is 0 Å². The first-order chi connectivity index (χ1) is 5.08. The standard InChI is InChI=1S/C10H21N/c1-10(2,3)8-9-6-4-5-7-11-9/h9,11H,4-8H2,1-3H3/t9-/m0/s1. The zero-order chi connectivity index (χ0) is 8.32. The maximum atomic E-state index is 3.58. The van der Waals surface area contributed by atoms with Gasteiger partial charge in [0.05, 0.1) is 0 Å². The summed E-state index contributed by atoms with van der Waals surface area (Å²) in [5.41, 5.74) is 0.495. The number of rotatable bonds is 1. The zero-order valence-corrected chi connectivity index (χ0v) is 8.11. The second-order valence-electron chi connectivity index (χ2n) is 4.91. The fourth-order valence-corrected chi connectivity index (χ4v) is 1.84. The molecule has 11 heavy (non-hydrogen) atoms. The average molecular weight is 155 g/mol. The van der Waals surface area contributed by atoms with Gasteiger partial charge in [0, 0.05) is 6.04 Å². The van der Waals surface area contributed by atoms with Gasteiger partial charge in [-0.15, -0.1) is 0 Å². The van der Waals surface area contributed by atoms with Gasteiger partial charge in [-0.25, -0.2) is 0 Å². The number of nitrogens with one attached hydrogen (secondary N) is 1. The third kappa shape index (κ3) is 3.76. The lowest BCUT2D eigenvalue weighted by Gasteiger charge is -2.29. The molecule has 0 aromatic rings. The first-order valence-corrected chi connectivity index (χ1v) is 4.81. The lowest BCUT2D eigenvalue weighted by Crippen LogP contribution is -2.36. The third-order valence-corrected chi connectivity index (χ3v) is 2.27. The monoisotopic (exact) mass is 155 g/mol. The number of piperidine rings is 1. The van der Waals surface area contributed by atoms with Crippen LogP contribution in [0.4, 0.5) is 0 Å². The molecular formula is C10H21N. The van der Waals surface area contributed by atoms with Gasteiger partial charge in [-0.05, 0) is 31.2 Å². The van der Waals surface area contributed by atoms with E-state index in [1.807, 2.05) is 0 Å². The van der Waals surface area contributed by atoms with Crippen molar-refractivity contribution in [3.63, 3.8) is 0 Å². The maximum Gasteiger partial charge on any atom is 0.00720 e. The van der Waals surface area contributed by atoms with Crippen LogP contribution in [0.5, 0.6) is 0 Å². The molecule has 0 aromatic carbocycles. The molecule has 1 fully saturated rings. The number of hydrogen-bond acceptors (Lipinski definition) is 1. The Morgan fingerprint density at radius 1 is 1.27 bits per heavy atom. The molecule has 0 bridgehead atoms. The van der Waals surface area contributed by atoms with Gasteiger partial charge in [0.2, 0.25) is 0 Å². The lowest BCUT2D eigenvalue weighted by atomic mass is 9.85. The fourth-order valence-electron chi connectivity index (χ4n) is 1.84. The predicted octanol–water partition coefficient (Wildman–Crippen LogP) is 2.56. The minimum Gasteiger partial charge on any atom is -0.314 e. The van der Waals surface area contributed by atoms with Crippen molar-refractivity contribution in [1.82, 2.24) is 5.32 Å². The van der Waals surface area contributed by atoms with Crippen LogP contribution in [0, 0.1) is 5.41 Å². The molecule has 66 valence electrons. The zero-order valence-electron chi connectivity index (χ0n) is 8.11. The summed E-state index contributed by atoms with van der Waals surface area (Å²) in [6.45, 7) is 8.20. The van der Waals surface area contributed by atoms with Crippen molar-refractivity contribution >= 4 is 0 Å². The smallest absolute Gasteiger partial charge is 0.00720 e. The fraction of sp³-hybridized carbons (Fsp3) is 1.00. The highest BCUT2D eigenvalue weighted by atomic mass is 14.9. The van der Waals surface area contributed by atoms with Gasteiger partial charge in [0.15, 0.2) is 0 Å². The Morgan fingerprint density at radius 3 is 2.45 bits per heavy atom. The summed E-state index contributed by atoms with van der Waals surface area (Å²) in [6, 6.07) is 0.795. The summed E-state index contributed by atoms with van der Waals surface area (Å²) >= 11 is 0. The summed E-state index contributed by atoms with van der Waals surface area (Å²) < 4.78 is 0. The Bertz CT molecular complexity index is 107. The largest absolute Gasteiger partial charge is 0.314 e. The van der Waals surface area contributed by atoms with E-state index >= 15 is 0 Å². The van der Waals surface area contributed by atoms with Gasteiger partial charge < -0.3 is 5.32 Å². The molecule has 0 aliphatic carbocycles. The minimum atomic E-state index is 0.495. The van der Waals surface area contributed by atoms with Crippen LogP contribution in [0.3, 0.4) is 0 Å². The van der Waals surface area contributed by atoms with E-state index in [0.717, 1.165) is 6.04 Å². The van der Waals surface area contributed by atoms with E-state index in [1.165, 1.54) is 32.2 Å². The van der Waals surface area contributed by atoms with Crippen molar-refractivity contribution in [1.29, 1.82) is 0 Å². The Kier molecular flexibility index (Phi) is 2.94. The van der Waals surface area contributed by atoms with E-state index in [9.17, 15) is 0 Å². The van der Waals surface area contributed by atoms with Crippen LogP contribution < -0.4 is 5.32 Å². The molecule has 1 aliphatic rings. The van der Waals surface area contributed by atoms with Crippen molar-refractivity contribution in [2.45, 2.75) is 52.5 Å². The topological polar surface area (TPSA) is 12.0 Å².